The number of aliphatic hydroxyl groups is 1. The number of sulfonamides is 1. The van der Waals surface area contributed by atoms with Crippen molar-refractivity contribution < 1.29 is 23.1 Å². The molecule has 6 nitrogen and oxygen atoms in total. The predicted molar refractivity (Wildman–Crippen MR) is 95.1 cm³/mol. The molecule has 2 aromatic rings. The van der Waals surface area contributed by atoms with Crippen molar-refractivity contribution in [3.63, 3.8) is 0 Å². The van der Waals surface area contributed by atoms with Gasteiger partial charge in [0.2, 0.25) is 0 Å². The largest absolute Gasteiger partial charge is 0.465 e. The van der Waals surface area contributed by atoms with Crippen LogP contribution in [0.4, 0.5) is 5.69 Å². The van der Waals surface area contributed by atoms with E-state index in [1.165, 1.54) is 31.4 Å². The van der Waals surface area contributed by atoms with Crippen LogP contribution in [0.25, 0.3) is 0 Å². The van der Waals surface area contributed by atoms with Crippen molar-refractivity contribution in [1.82, 2.24) is 0 Å². The van der Waals surface area contributed by atoms with Crippen LogP contribution in [0.1, 0.15) is 23.7 Å². The second kappa shape index (κ2) is 8.13. The minimum absolute atomic E-state index is 0.0393. The highest BCUT2D eigenvalue weighted by Crippen LogP contribution is 2.25. The zero-order valence-corrected chi connectivity index (χ0v) is 14.9. The monoisotopic (exact) mass is 363 g/mol. The number of anilines is 1. The van der Waals surface area contributed by atoms with Crippen LogP contribution in [0.15, 0.2) is 59.5 Å². The van der Waals surface area contributed by atoms with E-state index < -0.39 is 22.1 Å². The summed E-state index contributed by atoms with van der Waals surface area (Å²) in [7, 11) is -2.72. The Bertz CT molecular complexity index is 820. The van der Waals surface area contributed by atoms with Gasteiger partial charge in [-0.2, -0.15) is 0 Å². The van der Waals surface area contributed by atoms with E-state index in [2.05, 4.69) is 4.74 Å². The highest BCUT2D eigenvalue weighted by molar-refractivity contribution is 7.92. The van der Waals surface area contributed by atoms with E-state index in [1.807, 2.05) is 0 Å². The molecule has 0 heterocycles. The van der Waals surface area contributed by atoms with Crippen LogP contribution >= 0.6 is 0 Å². The van der Waals surface area contributed by atoms with E-state index in [0.29, 0.717) is 12.1 Å². The van der Waals surface area contributed by atoms with Crippen molar-refractivity contribution in [3.05, 3.63) is 60.2 Å². The van der Waals surface area contributed by atoms with Gasteiger partial charge in [0.1, 0.15) is 0 Å². The van der Waals surface area contributed by atoms with E-state index >= 15 is 0 Å². The lowest BCUT2D eigenvalue weighted by atomic mass is 10.2. The molecule has 1 N–H and O–H groups in total. The molecule has 25 heavy (non-hydrogen) atoms. The van der Waals surface area contributed by atoms with Crippen molar-refractivity contribution in [3.8, 4) is 0 Å². The van der Waals surface area contributed by atoms with Crippen LogP contribution in [-0.4, -0.2) is 39.3 Å². The first-order valence-electron chi connectivity index (χ1n) is 7.84. The molecule has 7 heteroatoms. The lowest BCUT2D eigenvalue weighted by Crippen LogP contribution is -2.37. The lowest BCUT2D eigenvalue weighted by Gasteiger charge is -2.26. The Labute approximate surface area is 147 Å². The zero-order chi connectivity index (χ0) is 18.4. The minimum atomic E-state index is -3.96. The Balaban J connectivity index is 2.50. The first-order chi connectivity index (χ1) is 11.9. The highest BCUT2D eigenvalue weighted by atomic mass is 32.2. The summed E-state index contributed by atoms with van der Waals surface area (Å²) in [5.41, 5.74) is 0.589. The number of hydrogen-bond donors (Lipinski definition) is 1. The molecule has 0 saturated carbocycles. The summed E-state index contributed by atoms with van der Waals surface area (Å²) in [6.45, 7) is 1.70. The average molecular weight is 363 g/mol. The van der Waals surface area contributed by atoms with Crippen LogP contribution < -0.4 is 4.31 Å². The van der Waals surface area contributed by atoms with E-state index in [9.17, 15) is 18.3 Å². The van der Waals surface area contributed by atoms with Gasteiger partial charge in [-0.3, -0.25) is 4.31 Å². The molecule has 1 atom stereocenters. The van der Waals surface area contributed by atoms with Gasteiger partial charge in [0.15, 0.2) is 0 Å². The molecule has 0 aromatic heterocycles. The highest BCUT2D eigenvalue weighted by Gasteiger charge is 2.27. The molecule has 0 radical (unpaired) electrons. The summed E-state index contributed by atoms with van der Waals surface area (Å²) in [5.74, 6) is -0.614. The number of benzene rings is 2. The molecule has 0 amide bonds. The third-order valence-electron chi connectivity index (χ3n) is 3.74. The van der Waals surface area contributed by atoms with Crippen LogP contribution in [0.3, 0.4) is 0 Å². The maximum absolute atomic E-state index is 13.1. The number of nitrogens with zero attached hydrogens (tertiary/aromatic N) is 1. The van der Waals surface area contributed by atoms with Crippen molar-refractivity contribution in [1.29, 1.82) is 0 Å². The van der Waals surface area contributed by atoms with Crippen molar-refractivity contribution in [2.75, 3.05) is 18.0 Å². The standard InChI is InChI=1S/C18H21NO5S/c1-3-16(20)13-19(15-9-5-4-6-10-15)25(22,23)17-11-7-8-14(12-17)18(21)24-2/h4-12,16,20H,3,13H2,1-2H3/t16-/m0/s1. The van der Waals surface area contributed by atoms with Crippen molar-refractivity contribution >= 4 is 21.7 Å². The summed E-state index contributed by atoms with van der Waals surface area (Å²) in [6, 6.07) is 14.2. The number of ether oxygens (including phenoxy) is 1. The van der Waals surface area contributed by atoms with Crippen molar-refractivity contribution in [2.45, 2.75) is 24.3 Å². The molecule has 0 bridgehead atoms. The van der Waals surface area contributed by atoms with E-state index in [-0.39, 0.29) is 17.0 Å². The summed E-state index contributed by atoms with van der Waals surface area (Å²) in [5, 5.41) is 10.0. The van der Waals surface area contributed by atoms with Crippen LogP contribution in [-0.2, 0) is 14.8 Å². The van der Waals surface area contributed by atoms with Gasteiger partial charge in [-0.1, -0.05) is 31.2 Å². The van der Waals surface area contributed by atoms with Gasteiger partial charge < -0.3 is 9.84 Å². The first kappa shape index (κ1) is 19.0. The molecular weight excluding hydrogens is 342 g/mol. The maximum atomic E-state index is 13.1. The second-order valence-corrected chi connectivity index (χ2v) is 7.32. The molecule has 0 aliphatic rings. The fourth-order valence-electron chi connectivity index (χ4n) is 2.29. The van der Waals surface area contributed by atoms with Gasteiger partial charge in [0, 0.05) is 0 Å². The second-order valence-electron chi connectivity index (χ2n) is 5.45. The lowest BCUT2D eigenvalue weighted by molar-refractivity contribution is 0.0600. The summed E-state index contributed by atoms with van der Waals surface area (Å²) < 4.78 is 32.0. The molecular formula is C18H21NO5S. The van der Waals surface area contributed by atoms with Crippen molar-refractivity contribution in [2.24, 2.45) is 0 Å². The molecule has 2 aromatic carbocycles. The zero-order valence-electron chi connectivity index (χ0n) is 14.1. The Morgan fingerprint density at radius 3 is 2.44 bits per heavy atom. The Morgan fingerprint density at radius 2 is 1.84 bits per heavy atom. The normalized spacial score (nSPS) is 12.4. The third kappa shape index (κ3) is 4.37. The molecule has 0 saturated heterocycles. The number of para-hydroxylation sites is 1. The molecule has 0 spiro atoms. The summed E-state index contributed by atoms with van der Waals surface area (Å²) >= 11 is 0. The van der Waals surface area contributed by atoms with Gasteiger partial charge in [-0.15, -0.1) is 0 Å². The average Bonchev–Trinajstić information content (AvgIpc) is 2.65. The van der Waals surface area contributed by atoms with Crippen LogP contribution in [0.5, 0.6) is 0 Å². The molecule has 0 fully saturated rings. The Hall–Kier alpha value is -2.38. The van der Waals surface area contributed by atoms with Gasteiger partial charge in [0.05, 0.1) is 35.9 Å². The summed E-state index contributed by atoms with van der Waals surface area (Å²) in [4.78, 5) is 11.6. The van der Waals surface area contributed by atoms with Gasteiger partial charge in [0.25, 0.3) is 10.0 Å². The molecule has 0 aliphatic carbocycles. The Kier molecular flexibility index (Phi) is 6.17. The van der Waals surface area contributed by atoms with Crippen LogP contribution in [0.2, 0.25) is 0 Å². The fourth-order valence-corrected chi connectivity index (χ4v) is 3.83. The number of hydrogen-bond acceptors (Lipinski definition) is 5. The number of carbonyl (C=O) groups is 1. The molecule has 0 aliphatic heterocycles. The number of rotatable bonds is 7. The van der Waals surface area contributed by atoms with Gasteiger partial charge >= 0.3 is 5.97 Å². The summed E-state index contributed by atoms with van der Waals surface area (Å²) in [6.07, 6.45) is -0.389. The van der Waals surface area contributed by atoms with E-state index in [1.54, 1.807) is 37.3 Å². The third-order valence-corrected chi connectivity index (χ3v) is 5.52. The topological polar surface area (TPSA) is 83.9 Å². The fraction of sp³-hybridized carbons (Fsp3) is 0.278. The number of carbonyl (C=O) groups excluding carboxylic acids is 1. The predicted octanol–water partition coefficient (Wildman–Crippen LogP) is 2.44. The molecule has 2 rings (SSSR count). The van der Waals surface area contributed by atoms with Gasteiger partial charge in [-0.25, -0.2) is 13.2 Å². The molecule has 0 unspecified atom stereocenters. The number of aliphatic hydroxyl groups excluding tert-OH is 1. The minimum Gasteiger partial charge on any atom is -0.465 e. The Morgan fingerprint density at radius 1 is 1.16 bits per heavy atom. The van der Waals surface area contributed by atoms with E-state index in [0.717, 1.165) is 4.31 Å². The quantitative estimate of drug-likeness (QED) is 0.764. The van der Waals surface area contributed by atoms with E-state index in [4.69, 9.17) is 0 Å². The van der Waals surface area contributed by atoms with Gasteiger partial charge in [-0.05, 0) is 36.8 Å². The van der Waals surface area contributed by atoms with Crippen LogP contribution in [0, 0.1) is 0 Å². The molecule has 134 valence electrons. The SMILES string of the molecule is CC[C@H](O)CN(c1ccccc1)S(=O)(=O)c1cccc(C(=O)OC)c1. The number of esters is 1. The maximum Gasteiger partial charge on any atom is 0.337 e. The first-order valence-corrected chi connectivity index (χ1v) is 9.28. The number of methoxy groups -OCH3 is 1. The smallest absolute Gasteiger partial charge is 0.337 e.